The standard InChI is InChI=1S/C17H20N2OS/c1-12-8-10-13(11-9-12)4-2-7-16(20)19-17-18-14-5-3-6-15(14)21-17/h8-11H,2-7H2,1H3,(H,18,19,20). The molecule has 0 bridgehead atoms. The molecule has 1 heterocycles. The number of benzene rings is 1. The Bertz CT molecular complexity index is 609. The lowest BCUT2D eigenvalue weighted by Gasteiger charge is -2.03. The molecule has 0 saturated heterocycles. The third-order valence-corrected chi connectivity index (χ3v) is 4.90. The van der Waals surface area contributed by atoms with Gasteiger partial charge in [0.1, 0.15) is 0 Å². The van der Waals surface area contributed by atoms with Crippen molar-refractivity contribution in [1.82, 2.24) is 4.98 Å². The molecule has 3 rings (SSSR count). The number of thiazole rings is 1. The predicted octanol–water partition coefficient (Wildman–Crippen LogP) is 3.90. The van der Waals surface area contributed by atoms with E-state index in [1.54, 1.807) is 11.3 Å². The van der Waals surface area contributed by atoms with Crippen molar-refractivity contribution < 1.29 is 4.79 Å². The van der Waals surface area contributed by atoms with Gasteiger partial charge in [-0.2, -0.15) is 0 Å². The topological polar surface area (TPSA) is 42.0 Å². The van der Waals surface area contributed by atoms with Crippen LogP contribution in [0.2, 0.25) is 0 Å². The summed E-state index contributed by atoms with van der Waals surface area (Å²) < 4.78 is 0. The van der Waals surface area contributed by atoms with E-state index in [9.17, 15) is 4.79 Å². The van der Waals surface area contributed by atoms with Crippen LogP contribution in [0.15, 0.2) is 24.3 Å². The highest BCUT2D eigenvalue weighted by molar-refractivity contribution is 7.15. The average Bonchev–Trinajstić information content (AvgIpc) is 3.02. The van der Waals surface area contributed by atoms with Crippen LogP contribution >= 0.6 is 11.3 Å². The highest BCUT2D eigenvalue weighted by atomic mass is 32.1. The van der Waals surface area contributed by atoms with Crippen LogP contribution in [0.5, 0.6) is 0 Å². The molecule has 21 heavy (non-hydrogen) atoms. The Morgan fingerprint density at radius 2 is 2.10 bits per heavy atom. The van der Waals surface area contributed by atoms with Crippen LogP contribution in [0.25, 0.3) is 0 Å². The number of carbonyl (C=O) groups is 1. The molecule has 0 atom stereocenters. The van der Waals surface area contributed by atoms with Crippen LogP contribution in [-0.2, 0) is 24.1 Å². The van der Waals surface area contributed by atoms with Crippen molar-refractivity contribution in [3.63, 3.8) is 0 Å². The molecule has 0 saturated carbocycles. The summed E-state index contributed by atoms with van der Waals surface area (Å²) >= 11 is 1.64. The van der Waals surface area contributed by atoms with E-state index >= 15 is 0 Å². The van der Waals surface area contributed by atoms with Crippen LogP contribution in [0.1, 0.15) is 41.0 Å². The minimum atomic E-state index is 0.0783. The Labute approximate surface area is 129 Å². The zero-order valence-corrected chi connectivity index (χ0v) is 13.1. The van der Waals surface area contributed by atoms with Gasteiger partial charge >= 0.3 is 0 Å². The molecule has 0 radical (unpaired) electrons. The van der Waals surface area contributed by atoms with Gasteiger partial charge in [0.2, 0.25) is 5.91 Å². The number of fused-ring (bicyclic) bond motifs is 1. The maximum Gasteiger partial charge on any atom is 0.226 e. The lowest BCUT2D eigenvalue weighted by molar-refractivity contribution is -0.116. The molecule has 4 heteroatoms. The third-order valence-electron chi connectivity index (χ3n) is 3.83. The number of amides is 1. The van der Waals surface area contributed by atoms with E-state index in [0.717, 1.165) is 30.8 Å². The van der Waals surface area contributed by atoms with E-state index in [-0.39, 0.29) is 5.91 Å². The second kappa shape index (κ2) is 6.39. The second-order valence-electron chi connectivity index (χ2n) is 5.63. The molecule has 0 fully saturated rings. The molecule has 1 N–H and O–H groups in total. The van der Waals surface area contributed by atoms with Crippen molar-refractivity contribution in [2.45, 2.75) is 45.4 Å². The monoisotopic (exact) mass is 300 g/mol. The zero-order chi connectivity index (χ0) is 14.7. The molecule has 1 aromatic carbocycles. The third kappa shape index (κ3) is 3.70. The first kappa shape index (κ1) is 14.3. The van der Waals surface area contributed by atoms with E-state index in [0.29, 0.717) is 6.42 Å². The van der Waals surface area contributed by atoms with Crippen LogP contribution in [0, 0.1) is 6.92 Å². The van der Waals surface area contributed by atoms with E-state index in [4.69, 9.17) is 0 Å². The summed E-state index contributed by atoms with van der Waals surface area (Å²) in [5.74, 6) is 0.0783. The number of nitrogens with zero attached hydrogens (tertiary/aromatic N) is 1. The number of hydrogen-bond donors (Lipinski definition) is 1. The van der Waals surface area contributed by atoms with Gasteiger partial charge in [0.05, 0.1) is 5.69 Å². The Kier molecular flexibility index (Phi) is 4.34. The minimum absolute atomic E-state index is 0.0783. The molecule has 3 nitrogen and oxygen atoms in total. The summed E-state index contributed by atoms with van der Waals surface area (Å²) in [7, 11) is 0. The summed E-state index contributed by atoms with van der Waals surface area (Å²) in [6.07, 6.45) is 5.77. The first-order chi connectivity index (χ1) is 10.2. The van der Waals surface area contributed by atoms with Crippen molar-refractivity contribution >= 4 is 22.4 Å². The SMILES string of the molecule is Cc1ccc(CCCC(=O)Nc2nc3c(s2)CCC3)cc1. The molecule has 0 unspecified atom stereocenters. The van der Waals surface area contributed by atoms with Gasteiger partial charge in [-0.1, -0.05) is 29.8 Å². The lowest BCUT2D eigenvalue weighted by atomic mass is 10.1. The van der Waals surface area contributed by atoms with Gasteiger partial charge in [-0.25, -0.2) is 4.98 Å². The fourth-order valence-electron chi connectivity index (χ4n) is 2.63. The fraction of sp³-hybridized carbons (Fsp3) is 0.412. The fourth-order valence-corrected chi connectivity index (χ4v) is 3.70. The highest BCUT2D eigenvalue weighted by Gasteiger charge is 2.17. The summed E-state index contributed by atoms with van der Waals surface area (Å²) in [4.78, 5) is 17.8. The van der Waals surface area contributed by atoms with Crippen LogP contribution < -0.4 is 5.32 Å². The summed E-state index contributed by atoms with van der Waals surface area (Å²) in [6, 6.07) is 8.51. The molecule has 1 aliphatic rings. The Hall–Kier alpha value is -1.68. The van der Waals surface area contributed by atoms with Gasteiger partial charge in [-0.05, 0) is 44.6 Å². The van der Waals surface area contributed by atoms with Gasteiger partial charge in [-0.3, -0.25) is 4.79 Å². The number of nitrogens with one attached hydrogen (secondary N) is 1. The van der Waals surface area contributed by atoms with Crippen molar-refractivity contribution in [2.75, 3.05) is 5.32 Å². The van der Waals surface area contributed by atoms with Crippen LogP contribution in [0.3, 0.4) is 0 Å². The van der Waals surface area contributed by atoms with Gasteiger partial charge in [0.15, 0.2) is 5.13 Å². The smallest absolute Gasteiger partial charge is 0.226 e. The molecule has 110 valence electrons. The number of aryl methyl sites for hydroxylation is 4. The second-order valence-corrected chi connectivity index (χ2v) is 6.71. The van der Waals surface area contributed by atoms with E-state index in [2.05, 4.69) is 41.5 Å². The number of hydrogen-bond acceptors (Lipinski definition) is 3. The highest BCUT2D eigenvalue weighted by Crippen LogP contribution is 2.30. The van der Waals surface area contributed by atoms with Gasteiger partial charge in [-0.15, -0.1) is 11.3 Å². The van der Waals surface area contributed by atoms with Crippen molar-refractivity contribution in [1.29, 1.82) is 0 Å². The van der Waals surface area contributed by atoms with Crippen molar-refractivity contribution in [3.8, 4) is 0 Å². The minimum Gasteiger partial charge on any atom is -0.302 e. The van der Waals surface area contributed by atoms with Crippen LogP contribution in [-0.4, -0.2) is 10.9 Å². The van der Waals surface area contributed by atoms with E-state index in [1.807, 2.05) is 0 Å². The molecule has 0 aliphatic heterocycles. The summed E-state index contributed by atoms with van der Waals surface area (Å²) in [5, 5.41) is 3.71. The van der Waals surface area contributed by atoms with E-state index in [1.165, 1.54) is 28.1 Å². The molecular formula is C17H20N2OS. The lowest BCUT2D eigenvalue weighted by Crippen LogP contribution is -2.11. The maximum absolute atomic E-state index is 11.9. The molecule has 1 aromatic heterocycles. The normalized spacial score (nSPS) is 13.2. The number of rotatable bonds is 5. The Balaban J connectivity index is 1.44. The number of aromatic nitrogens is 1. The molecule has 1 amide bonds. The first-order valence-electron chi connectivity index (χ1n) is 7.55. The van der Waals surface area contributed by atoms with Gasteiger partial charge < -0.3 is 5.32 Å². The van der Waals surface area contributed by atoms with Crippen LogP contribution in [0.4, 0.5) is 5.13 Å². The molecule has 0 spiro atoms. The summed E-state index contributed by atoms with van der Waals surface area (Å²) in [6.45, 7) is 2.09. The predicted molar refractivity (Wildman–Crippen MR) is 86.9 cm³/mol. The largest absolute Gasteiger partial charge is 0.302 e. The first-order valence-corrected chi connectivity index (χ1v) is 8.36. The quantitative estimate of drug-likeness (QED) is 0.910. The summed E-state index contributed by atoms with van der Waals surface area (Å²) in [5.41, 5.74) is 3.75. The van der Waals surface area contributed by atoms with Crippen molar-refractivity contribution in [3.05, 3.63) is 46.0 Å². The molecule has 2 aromatic rings. The van der Waals surface area contributed by atoms with E-state index < -0.39 is 0 Å². The molecule has 1 aliphatic carbocycles. The maximum atomic E-state index is 11.9. The zero-order valence-electron chi connectivity index (χ0n) is 12.3. The van der Waals surface area contributed by atoms with Crippen molar-refractivity contribution in [2.24, 2.45) is 0 Å². The van der Waals surface area contributed by atoms with Gasteiger partial charge in [0.25, 0.3) is 0 Å². The number of carbonyl (C=O) groups excluding carboxylic acids is 1. The van der Waals surface area contributed by atoms with Gasteiger partial charge in [0, 0.05) is 11.3 Å². The Morgan fingerprint density at radius 3 is 2.86 bits per heavy atom. The average molecular weight is 300 g/mol. The molecular weight excluding hydrogens is 280 g/mol. The Morgan fingerprint density at radius 1 is 1.29 bits per heavy atom. The number of anilines is 1.